The summed E-state index contributed by atoms with van der Waals surface area (Å²) < 4.78 is 36.7. The largest absolute Gasteiger partial charge is 0.481 e. The lowest BCUT2D eigenvalue weighted by Crippen LogP contribution is -2.33. The van der Waals surface area contributed by atoms with Gasteiger partial charge in [0, 0.05) is 11.8 Å². The molecule has 3 unspecified atom stereocenters. The molecule has 1 fully saturated rings. The van der Waals surface area contributed by atoms with Crippen molar-refractivity contribution < 1.29 is 37.4 Å². The second kappa shape index (κ2) is 7.03. The minimum Gasteiger partial charge on any atom is -0.352 e. The van der Waals surface area contributed by atoms with Crippen LogP contribution in [0.4, 0.5) is 0 Å². The van der Waals surface area contributed by atoms with Crippen LogP contribution in [-0.4, -0.2) is 36.9 Å². The highest BCUT2D eigenvalue weighted by Crippen LogP contribution is 2.57. The second-order valence-corrected chi connectivity index (χ2v) is 7.93. The quantitative estimate of drug-likeness (QED) is 0.477. The van der Waals surface area contributed by atoms with E-state index in [1.165, 1.54) is 17.7 Å². The van der Waals surface area contributed by atoms with Gasteiger partial charge in [-0.15, -0.1) is 0 Å². The maximum Gasteiger partial charge on any atom is 0.481 e. The number of phosphoric ester groups is 1. The van der Waals surface area contributed by atoms with Gasteiger partial charge in [0.05, 0.1) is 12.7 Å². The van der Waals surface area contributed by atoms with Gasteiger partial charge in [-0.05, 0) is 19.8 Å². The van der Waals surface area contributed by atoms with Crippen LogP contribution in [-0.2, 0) is 22.7 Å². The van der Waals surface area contributed by atoms with Crippen LogP contribution in [0.25, 0.3) is 0 Å². The molecule has 1 aliphatic heterocycles. The molecule has 1 aliphatic rings. The van der Waals surface area contributed by atoms with Gasteiger partial charge < -0.3 is 19.4 Å². The highest BCUT2D eigenvalue weighted by Gasteiger charge is 2.35. The van der Waals surface area contributed by atoms with E-state index in [2.05, 4.69) is 13.8 Å². The molecule has 2 heterocycles. The molecule has 136 valence electrons. The Balaban J connectivity index is 1.98. The average Bonchev–Trinajstić information content (AvgIpc) is 2.87. The Morgan fingerprint density at radius 1 is 1.33 bits per heavy atom. The fourth-order valence-electron chi connectivity index (χ4n) is 2.15. The van der Waals surface area contributed by atoms with E-state index in [-0.39, 0.29) is 0 Å². The van der Waals surface area contributed by atoms with Gasteiger partial charge in [-0.2, -0.15) is 4.31 Å². The van der Waals surface area contributed by atoms with E-state index in [4.69, 9.17) is 14.5 Å². The third kappa shape index (κ3) is 5.20. The molecular weight excluding hydrogens is 370 g/mol. The molecule has 0 spiro atoms. The third-order valence-corrected chi connectivity index (χ3v) is 5.33. The number of nitrogens with one attached hydrogen (secondary N) is 1. The molecule has 1 saturated heterocycles. The Bertz CT molecular complexity index is 811. The van der Waals surface area contributed by atoms with Gasteiger partial charge in [0.15, 0.2) is 0 Å². The van der Waals surface area contributed by atoms with Crippen molar-refractivity contribution in [3.05, 3.63) is 32.6 Å². The summed E-state index contributed by atoms with van der Waals surface area (Å²) in [5.41, 5.74) is -0.854. The Labute approximate surface area is 134 Å². The summed E-state index contributed by atoms with van der Waals surface area (Å²) in [7, 11) is -10.1. The molecule has 2 rings (SSSR count). The van der Waals surface area contributed by atoms with Gasteiger partial charge in [-0.25, -0.2) is 13.9 Å². The molecule has 12 nitrogen and oxygen atoms in total. The summed E-state index contributed by atoms with van der Waals surface area (Å²) >= 11 is 0. The zero-order chi connectivity index (χ0) is 18.1. The minimum absolute atomic E-state index is 0.313. The zero-order valence-corrected chi connectivity index (χ0v) is 14.2. The van der Waals surface area contributed by atoms with Gasteiger partial charge in [0.2, 0.25) is 0 Å². The van der Waals surface area contributed by atoms with Crippen molar-refractivity contribution in [1.29, 1.82) is 0 Å². The predicted octanol–water partition coefficient (Wildman–Crippen LogP) is -0.251. The average molecular weight is 386 g/mol. The lowest BCUT2D eigenvalue weighted by atomic mass is 10.2. The fourth-order valence-corrected chi connectivity index (χ4v) is 3.77. The number of nitrogens with zero attached hydrogens (tertiary/aromatic N) is 1. The van der Waals surface area contributed by atoms with Gasteiger partial charge in [0.25, 0.3) is 5.56 Å². The minimum atomic E-state index is -5.18. The lowest BCUT2D eigenvalue weighted by Gasteiger charge is -2.17. The first-order valence-electron chi connectivity index (χ1n) is 6.68. The van der Waals surface area contributed by atoms with Gasteiger partial charge in [0.1, 0.15) is 6.23 Å². The summed E-state index contributed by atoms with van der Waals surface area (Å²) in [6.07, 6.45) is 0.653. The van der Waals surface area contributed by atoms with Crippen LogP contribution >= 0.6 is 15.6 Å². The third-order valence-electron chi connectivity index (χ3n) is 3.17. The number of phosphoric acid groups is 2. The van der Waals surface area contributed by atoms with E-state index in [1.54, 1.807) is 0 Å². The molecule has 24 heavy (non-hydrogen) atoms. The smallest absolute Gasteiger partial charge is 0.352 e. The maximum atomic E-state index is 11.8. The standard InChI is InChI=1S/C10H16N2O10P2/c1-6-4-12(10(14)11-9(6)13)8-3-2-7(21-8)5-20-24(18,19)22-23(15,16)17/h4,7-8H,2-3,5H2,1H3,(H,18,19)(H,11,13,14)(H2,15,16,17). The van der Waals surface area contributed by atoms with Crippen LogP contribution in [0.5, 0.6) is 0 Å². The molecule has 3 atom stereocenters. The molecule has 1 aromatic heterocycles. The van der Waals surface area contributed by atoms with E-state index >= 15 is 0 Å². The molecule has 1 aromatic rings. The van der Waals surface area contributed by atoms with Crippen molar-refractivity contribution in [3.8, 4) is 0 Å². The number of hydrogen-bond acceptors (Lipinski definition) is 7. The first-order valence-corrected chi connectivity index (χ1v) is 9.71. The lowest BCUT2D eigenvalue weighted by molar-refractivity contribution is -0.0244. The first kappa shape index (κ1) is 19.2. The number of aryl methyl sites for hydroxylation is 1. The molecule has 0 amide bonds. The van der Waals surface area contributed by atoms with Crippen molar-refractivity contribution in [3.63, 3.8) is 0 Å². The highest BCUT2D eigenvalue weighted by atomic mass is 31.3. The van der Waals surface area contributed by atoms with Crippen LogP contribution < -0.4 is 11.2 Å². The molecule has 0 aromatic carbocycles. The Kier molecular flexibility index (Phi) is 5.63. The molecule has 0 saturated carbocycles. The van der Waals surface area contributed by atoms with Gasteiger partial charge in [-0.3, -0.25) is 18.9 Å². The van der Waals surface area contributed by atoms with Gasteiger partial charge in [-0.1, -0.05) is 0 Å². The molecule has 0 bridgehead atoms. The zero-order valence-electron chi connectivity index (χ0n) is 12.4. The van der Waals surface area contributed by atoms with Crippen molar-refractivity contribution >= 4 is 15.6 Å². The summed E-state index contributed by atoms with van der Waals surface area (Å²) in [6, 6.07) is 0. The van der Waals surface area contributed by atoms with E-state index < -0.39 is 45.8 Å². The summed E-state index contributed by atoms with van der Waals surface area (Å²) in [4.78, 5) is 51.4. The van der Waals surface area contributed by atoms with Crippen LogP contribution in [0.3, 0.4) is 0 Å². The second-order valence-electron chi connectivity index (χ2n) is 5.11. The molecule has 0 aliphatic carbocycles. The summed E-state index contributed by atoms with van der Waals surface area (Å²) in [5, 5.41) is 0. The van der Waals surface area contributed by atoms with Gasteiger partial charge >= 0.3 is 21.3 Å². The van der Waals surface area contributed by atoms with Crippen molar-refractivity contribution in [2.45, 2.75) is 32.1 Å². The van der Waals surface area contributed by atoms with Crippen molar-refractivity contribution in [1.82, 2.24) is 9.55 Å². The number of rotatable bonds is 6. The van der Waals surface area contributed by atoms with Crippen LogP contribution in [0.2, 0.25) is 0 Å². The number of H-pyrrole nitrogens is 1. The van der Waals surface area contributed by atoms with Crippen LogP contribution in [0.1, 0.15) is 24.6 Å². The summed E-state index contributed by atoms with van der Waals surface area (Å²) in [5.74, 6) is 0. The maximum absolute atomic E-state index is 11.8. The molecule has 0 radical (unpaired) electrons. The monoisotopic (exact) mass is 386 g/mol. The van der Waals surface area contributed by atoms with E-state index in [9.17, 15) is 23.6 Å². The summed E-state index contributed by atoms with van der Waals surface area (Å²) in [6.45, 7) is 1.05. The SMILES string of the molecule is Cc1cn(C2CCC(COP(=O)(O)OP(=O)(O)O)O2)c(=O)[nH]c1=O. The van der Waals surface area contributed by atoms with E-state index in [1.807, 2.05) is 0 Å². The van der Waals surface area contributed by atoms with E-state index in [0.717, 1.165) is 0 Å². The molecule has 4 N–H and O–H groups in total. The number of aromatic amines is 1. The number of aromatic nitrogens is 2. The molecule has 14 heteroatoms. The van der Waals surface area contributed by atoms with Crippen molar-refractivity contribution in [2.24, 2.45) is 0 Å². The predicted molar refractivity (Wildman–Crippen MR) is 78.1 cm³/mol. The van der Waals surface area contributed by atoms with Crippen LogP contribution in [0, 0.1) is 6.92 Å². The number of hydrogen-bond donors (Lipinski definition) is 4. The first-order chi connectivity index (χ1) is 11.0. The fraction of sp³-hybridized carbons (Fsp3) is 0.600. The Morgan fingerprint density at radius 2 is 2.00 bits per heavy atom. The van der Waals surface area contributed by atoms with E-state index in [0.29, 0.717) is 18.4 Å². The topological polar surface area (TPSA) is 177 Å². The normalized spacial score (nSPS) is 24.0. The number of ether oxygens (including phenoxy) is 1. The Morgan fingerprint density at radius 3 is 2.62 bits per heavy atom. The highest BCUT2D eigenvalue weighted by molar-refractivity contribution is 7.60. The van der Waals surface area contributed by atoms with Crippen molar-refractivity contribution in [2.75, 3.05) is 6.61 Å². The molecular formula is C10H16N2O10P2. The Hall–Kier alpha value is -1.10. The van der Waals surface area contributed by atoms with Crippen LogP contribution in [0.15, 0.2) is 15.8 Å².